The van der Waals surface area contributed by atoms with Crippen molar-refractivity contribution in [3.8, 4) is 0 Å². The van der Waals surface area contributed by atoms with Crippen LogP contribution in [0.15, 0.2) is 24.3 Å². The Morgan fingerprint density at radius 2 is 1.30 bits per heavy atom. The predicted octanol–water partition coefficient (Wildman–Crippen LogP) is 4.85. The SMILES string of the molecule is Fc1cc(F)c(C(Cl)c2ccc(F)c(F)c2F)c(F)c1. The lowest BCUT2D eigenvalue weighted by atomic mass is 10.0. The molecule has 0 spiro atoms. The van der Waals surface area contributed by atoms with Gasteiger partial charge in [0, 0.05) is 23.3 Å². The fourth-order valence-corrected chi connectivity index (χ4v) is 2.06. The molecule has 0 nitrogen and oxygen atoms in total. The molecule has 0 aromatic heterocycles. The number of hydrogen-bond acceptors (Lipinski definition) is 0. The van der Waals surface area contributed by atoms with Crippen molar-refractivity contribution in [2.75, 3.05) is 0 Å². The molecule has 0 N–H and O–H groups in total. The zero-order chi connectivity index (χ0) is 15.0. The van der Waals surface area contributed by atoms with E-state index in [2.05, 4.69) is 0 Å². The van der Waals surface area contributed by atoms with Gasteiger partial charge in [-0.05, 0) is 6.07 Å². The normalized spacial score (nSPS) is 12.6. The van der Waals surface area contributed by atoms with Crippen molar-refractivity contribution in [2.45, 2.75) is 5.38 Å². The second-order valence-corrected chi connectivity index (χ2v) is 4.35. The van der Waals surface area contributed by atoms with Gasteiger partial charge in [-0.2, -0.15) is 0 Å². The maximum atomic E-state index is 13.5. The highest BCUT2D eigenvalue weighted by Gasteiger charge is 2.26. The lowest BCUT2D eigenvalue weighted by molar-refractivity contribution is 0.440. The average Bonchev–Trinajstić information content (AvgIpc) is 2.34. The van der Waals surface area contributed by atoms with Gasteiger partial charge < -0.3 is 0 Å². The molecular formula is C13H5ClF6. The summed E-state index contributed by atoms with van der Waals surface area (Å²) in [6.45, 7) is 0. The molecule has 1 atom stereocenters. The van der Waals surface area contributed by atoms with E-state index < -0.39 is 51.4 Å². The third-order valence-electron chi connectivity index (χ3n) is 2.64. The Hall–Kier alpha value is -1.69. The number of rotatable bonds is 2. The Balaban J connectivity index is 2.58. The van der Waals surface area contributed by atoms with E-state index in [0.29, 0.717) is 18.2 Å². The number of halogens is 7. The number of alkyl halides is 1. The Bertz CT molecular complexity index is 647. The van der Waals surface area contributed by atoms with Crippen molar-refractivity contribution in [1.29, 1.82) is 0 Å². The van der Waals surface area contributed by atoms with Crippen LogP contribution < -0.4 is 0 Å². The Morgan fingerprint density at radius 1 is 0.750 bits per heavy atom. The second-order valence-electron chi connectivity index (χ2n) is 3.91. The Kier molecular flexibility index (Phi) is 3.94. The van der Waals surface area contributed by atoms with Crippen molar-refractivity contribution in [2.24, 2.45) is 0 Å². The maximum Gasteiger partial charge on any atom is 0.194 e. The molecular weight excluding hydrogens is 306 g/mol. The van der Waals surface area contributed by atoms with E-state index in [1.54, 1.807) is 0 Å². The first-order chi connectivity index (χ1) is 9.32. The van der Waals surface area contributed by atoms with Crippen LogP contribution in [0.1, 0.15) is 16.5 Å². The lowest BCUT2D eigenvalue weighted by Gasteiger charge is -2.14. The smallest absolute Gasteiger partial charge is 0.194 e. The van der Waals surface area contributed by atoms with Crippen molar-refractivity contribution >= 4 is 11.6 Å². The van der Waals surface area contributed by atoms with Crippen molar-refractivity contribution in [3.63, 3.8) is 0 Å². The summed E-state index contributed by atoms with van der Waals surface area (Å²) in [6.07, 6.45) is 0. The van der Waals surface area contributed by atoms with Gasteiger partial charge >= 0.3 is 0 Å². The molecule has 0 saturated carbocycles. The summed E-state index contributed by atoms with van der Waals surface area (Å²) >= 11 is 5.69. The molecule has 0 heterocycles. The Morgan fingerprint density at radius 3 is 1.85 bits per heavy atom. The van der Waals surface area contributed by atoms with Gasteiger partial charge in [0.1, 0.15) is 17.5 Å². The quantitative estimate of drug-likeness (QED) is 0.422. The molecule has 106 valence electrons. The highest BCUT2D eigenvalue weighted by molar-refractivity contribution is 6.22. The molecule has 0 amide bonds. The third-order valence-corrected chi connectivity index (χ3v) is 3.09. The first-order valence-electron chi connectivity index (χ1n) is 5.24. The molecule has 0 aliphatic carbocycles. The number of hydrogen-bond donors (Lipinski definition) is 0. The predicted molar refractivity (Wildman–Crippen MR) is 60.3 cm³/mol. The highest BCUT2D eigenvalue weighted by atomic mass is 35.5. The molecule has 7 heteroatoms. The van der Waals surface area contributed by atoms with Gasteiger partial charge in [-0.25, -0.2) is 26.3 Å². The second kappa shape index (κ2) is 5.36. The molecule has 0 radical (unpaired) electrons. The zero-order valence-electron chi connectivity index (χ0n) is 9.53. The molecule has 2 aromatic carbocycles. The van der Waals surface area contributed by atoms with Crippen LogP contribution in [0.4, 0.5) is 26.3 Å². The first kappa shape index (κ1) is 14.7. The molecule has 0 fully saturated rings. The summed E-state index contributed by atoms with van der Waals surface area (Å²) in [7, 11) is 0. The van der Waals surface area contributed by atoms with E-state index in [-0.39, 0.29) is 0 Å². The van der Waals surface area contributed by atoms with Crippen molar-refractivity contribution in [3.05, 3.63) is 70.3 Å². The van der Waals surface area contributed by atoms with Crippen molar-refractivity contribution in [1.82, 2.24) is 0 Å². The summed E-state index contributed by atoms with van der Waals surface area (Å²) < 4.78 is 79.2. The topological polar surface area (TPSA) is 0 Å². The van der Waals surface area contributed by atoms with Gasteiger partial charge in [0.25, 0.3) is 0 Å². The van der Waals surface area contributed by atoms with Gasteiger partial charge in [-0.15, -0.1) is 11.6 Å². The van der Waals surface area contributed by atoms with Crippen LogP contribution >= 0.6 is 11.6 Å². The molecule has 0 saturated heterocycles. The molecule has 2 aromatic rings. The van der Waals surface area contributed by atoms with Crippen LogP contribution in [0.3, 0.4) is 0 Å². The zero-order valence-corrected chi connectivity index (χ0v) is 10.3. The molecule has 20 heavy (non-hydrogen) atoms. The molecule has 0 aliphatic heterocycles. The molecule has 2 rings (SSSR count). The van der Waals surface area contributed by atoms with Gasteiger partial charge in [-0.3, -0.25) is 0 Å². The van der Waals surface area contributed by atoms with Crippen LogP contribution in [0, 0.1) is 34.9 Å². The largest absolute Gasteiger partial charge is 0.207 e. The van der Waals surface area contributed by atoms with Crippen molar-refractivity contribution < 1.29 is 26.3 Å². The minimum absolute atomic E-state index is 0.353. The molecule has 1 unspecified atom stereocenters. The number of benzene rings is 2. The van der Waals surface area contributed by atoms with E-state index in [1.165, 1.54) is 0 Å². The molecule has 0 bridgehead atoms. The Labute approximate surface area is 114 Å². The monoisotopic (exact) mass is 310 g/mol. The summed E-state index contributed by atoms with van der Waals surface area (Å²) in [5.74, 6) is -8.82. The standard InChI is InChI=1S/C13H5ClF6/c14-11(6-1-2-7(16)13(20)12(6)19)10-8(17)3-5(15)4-9(10)18/h1-4,11H. The summed E-state index contributed by atoms with van der Waals surface area (Å²) in [5, 5.41) is -1.77. The van der Waals surface area contributed by atoms with Crippen LogP contribution in [0.5, 0.6) is 0 Å². The van der Waals surface area contributed by atoms with Gasteiger partial charge in [0.05, 0.1) is 5.38 Å². The molecule has 0 aliphatic rings. The fraction of sp³-hybridized carbons (Fsp3) is 0.0769. The fourth-order valence-electron chi connectivity index (χ4n) is 1.69. The van der Waals surface area contributed by atoms with E-state index in [1.807, 2.05) is 0 Å². The van der Waals surface area contributed by atoms with Gasteiger partial charge in [0.15, 0.2) is 17.5 Å². The summed E-state index contributed by atoms with van der Waals surface area (Å²) in [5.41, 5.74) is -1.51. The minimum Gasteiger partial charge on any atom is -0.207 e. The average molecular weight is 311 g/mol. The van der Waals surface area contributed by atoms with Crippen LogP contribution in [-0.2, 0) is 0 Å². The lowest BCUT2D eigenvalue weighted by Crippen LogP contribution is -2.06. The summed E-state index contributed by atoms with van der Waals surface area (Å²) in [6, 6.07) is 2.03. The van der Waals surface area contributed by atoms with E-state index in [0.717, 1.165) is 6.07 Å². The van der Waals surface area contributed by atoms with Crippen LogP contribution in [0.2, 0.25) is 0 Å². The van der Waals surface area contributed by atoms with E-state index >= 15 is 0 Å². The van der Waals surface area contributed by atoms with Gasteiger partial charge in [0.2, 0.25) is 0 Å². The van der Waals surface area contributed by atoms with E-state index in [9.17, 15) is 26.3 Å². The van der Waals surface area contributed by atoms with Crippen LogP contribution in [-0.4, -0.2) is 0 Å². The first-order valence-corrected chi connectivity index (χ1v) is 5.68. The highest BCUT2D eigenvalue weighted by Crippen LogP contribution is 2.35. The maximum absolute atomic E-state index is 13.5. The van der Waals surface area contributed by atoms with Crippen LogP contribution in [0.25, 0.3) is 0 Å². The van der Waals surface area contributed by atoms with Gasteiger partial charge in [-0.1, -0.05) is 6.07 Å². The summed E-state index contributed by atoms with van der Waals surface area (Å²) in [4.78, 5) is 0. The minimum atomic E-state index is -1.81. The third kappa shape index (κ3) is 2.47. The van der Waals surface area contributed by atoms with E-state index in [4.69, 9.17) is 11.6 Å².